The summed E-state index contributed by atoms with van der Waals surface area (Å²) >= 11 is 0. The van der Waals surface area contributed by atoms with Crippen LogP contribution in [0.2, 0.25) is 0 Å². The highest BCUT2D eigenvalue weighted by Crippen LogP contribution is 2.34. The average molecular weight is 214 g/mol. The summed E-state index contributed by atoms with van der Waals surface area (Å²) in [5.74, 6) is 0.755. The second-order valence-corrected chi connectivity index (χ2v) is 6.36. The number of hydrogen-bond donors (Lipinski definition) is 2. The van der Waals surface area contributed by atoms with Gasteiger partial charge in [0.05, 0.1) is 11.0 Å². The molecule has 2 heterocycles. The van der Waals surface area contributed by atoms with E-state index in [-0.39, 0.29) is 0 Å². The van der Waals surface area contributed by atoms with Gasteiger partial charge in [-0.3, -0.25) is 0 Å². The van der Waals surface area contributed by atoms with Crippen molar-refractivity contribution < 1.29 is 4.21 Å². The van der Waals surface area contributed by atoms with Crippen molar-refractivity contribution in [3.63, 3.8) is 0 Å². The Morgan fingerprint density at radius 2 is 2.07 bits per heavy atom. The van der Waals surface area contributed by atoms with Crippen LogP contribution in [-0.4, -0.2) is 28.1 Å². The van der Waals surface area contributed by atoms with Crippen LogP contribution in [-0.2, 0) is 11.0 Å². The monoisotopic (exact) mass is 214 g/mol. The third kappa shape index (κ3) is 1.44. The van der Waals surface area contributed by atoms with E-state index in [0.29, 0.717) is 17.3 Å². The first-order valence-corrected chi connectivity index (χ1v) is 6.96. The molecule has 4 atom stereocenters. The molecule has 2 aliphatic heterocycles. The maximum absolute atomic E-state index is 11.9. The lowest BCUT2D eigenvalue weighted by molar-refractivity contribution is 0.284. The summed E-state index contributed by atoms with van der Waals surface area (Å²) in [7, 11) is -0.765. The molecule has 2 saturated carbocycles. The van der Waals surface area contributed by atoms with E-state index in [2.05, 4.69) is 10.0 Å². The lowest BCUT2D eigenvalue weighted by Crippen LogP contribution is -2.53. The molecule has 0 spiro atoms. The fourth-order valence-corrected chi connectivity index (χ4v) is 4.57. The first kappa shape index (κ1) is 9.31. The number of nitrogens with one attached hydrogen (secondary N) is 2. The average Bonchev–Trinajstić information content (AvgIpc) is 2.85. The lowest BCUT2D eigenvalue weighted by atomic mass is 9.81. The van der Waals surface area contributed by atoms with Crippen LogP contribution in [0.1, 0.15) is 32.1 Å². The summed E-state index contributed by atoms with van der Waals surface area (Å²) in [6.45, 7) is 1.13. The van der Waals surface area contributed by atoms with E-state index in [0.717, 1.165) is 25.3 Å². The topological polar surface area (TPSA) is 41.1 Å². The molecule has 4 rings (SSSR count). The van der Waals surface area contributed by atoms with Gasteiger partial charge < -0.3 is 5.32 Å². The normalized spacial score (nSPS) is 43.9. The van der Waals surface area contributed by atoms with Gasteiger partial charge in [-0.25, -0.2) is 8.93 Å². The van der Waals surface area contributed by atoms with E-state index in [9.17, 15) is 4.21 Å². The van der Waals surface area contributed by atoms with Gasteiger partial charge in [0.1, 0.15) is 0 Å². The molecule has 4 fully saturated rings. The standard InChI is InChI=1S/C10H18N2OS/c13-14(8-3-1-2-4-8)12-10-7-5-9(10)11-6-7/h7-12H,1-6H2. The van der Waals surface area contributed by atoms with Crippen molar-refractivity contribution in [3.8, 4) is 0 Å². The molecule has 2 N–H and O–H groups in total. The predicted octanol–water partition coefficient (Wildman–Crippen LogP) is 0.543. The molecule has 14 heavy (non-hydrogen) atoms. The van der Waals surface area contributed by atoms with Crippen LogP contribution >= 0.6 is 0 Å². The molecule has 80 valence electrons. The Kier molecular flexibility index (Phi) is 2.38. The third-order valence-electron chi connectivity index (χ3n) is 4.00. The summed E-state index contributed by atoms with van der Waals surface area (Å²) in [6, 6.07) is 1.13. The van der Waals surface area contributed by atoms with Crippen molar-refractivity contribution >= 4 is 11.0 Å². The zero-order valence-corrected chi connectivity index (χ0v) is 9.19. The minimum atomic E-state index is -0.765. The van der Waals surface area contributed by atoms with Crippen LogP contribution in [0.5, 0.6) is 0 Å². The zero-order valence-electron chi connectivity index (χ0n) is 8.37. The van der Waals surface area contributed by atoms with Crippen LogP contribution < -0.4 is 10.0 Å². The quantitative estimate of drug-likeness (QED) is 0.720. The van der Waals surface area contributed by atoms with Crippen molar-refractivity contribution in [2.75, 3.05) is 6.54 Å². The van der Waals surface area contributed by atoms with Crippen LogP contribution in [0.4, 0.5) is 0 Å². The van der Waals surface area contributed by atoms with Gasteiger partial charge in [-0.05, 0) is 31.7 Å². The highest BCUT2D eigenvalue weighted by atomic mass is 32.2. The molecular formula is C10H18N2OS. The van der Waals surface area contributed by atoms with E-state index in [1.54, 1.807) is 0 Å². The molecule has 4 heteroatoms. The Hall–Kier alpha value is 0.0700. The van der Waals surface area contributed by atoms with Gasteiger partial charge in [-0.15, -0.1) is 0 Å². The highest BCUT2D eigenvalue weighted by Gasteiger charge is 2.47. The minimum absolute atomic E-state index is 0.440. The van der Waals surface area contributed by atoms with Gasteiger partial charge in [0.15, 0.2) is 0 Å². The zero-order chi connectivity index (χ0) is 9.54. The fraction of sp³-hybridized carbons (Fsp3) is 1.00. The van der Waals surface area contributed by atoms with Crippen LogP contribution in [0, 0.1) is 5.92 Å². The van der Waals surface area contributed by atoms with Gasteiger partial charge in [0.25, 0.3) is 0 Å². The maximum atomic E-state index is 11.9. The van der Waals surface area contributed by atoms with E-state index in [4.69, 9.17) is 0 Å². The molecule has 4 unspecified atom stereocenters. The second kappa shape index (κ2) is 3.58. The highest BCUT2D eigenvalue weighted by molar-refractivity contribution is 7.83. The minimum Gasteiger partial charge on any atom is -0.312 e. The van der Waals surface area contributed by atoms with Crippen molar-refractivity contribution in [2.24, 2.45) is 5.92 Å². The van der Waals surface area contributed by atoms with Gasteiger partial charge >= 0.3 is 0 Å². The largest absolute Gasteiger partial charge is 0.312 e. The van der Waals surface area contributed by atoms with Crippen LogP contribution in [0.3, 0.4) is 0 Å². The molecule has 4 aliphatic rings. The van der Waals surface area contributed by atoms with Gasteiger partial charge in [0, 0.05) is 17.3 Å². The number of hydrogen-bond acceptors (Lipinski definition) is 2. The Balaban J connectivity index is 1.54. The SMILES string of the molecule is O=S(NC1C2CNC1C2)C1CCCC1. The summed E-state index contributed by atoms with van der Waals surface area (Å²) < 4.78 is 15.3. The molecule has 3 nitrogen and oxygen atoms in total. The van der Waals surface area contributed by atoms with Gasteiger partial charge in [-0.1, -0.05) is 12.8 Å². The summed E-state index contributed by atoms with van der Waals surface area (Å²) in [4.78, 5) is 0. The molecule has 0 amide bonds. The number of rotatable bonds is 3. The van der Waals surface area contributed by atoms with Crippen LogP contribution in [0.25, 0.3) is 0 Å². The molecular weight excluding hydrogens is 196 g/mol. The molecule has 0 radical (unpaired) electrons. The van der Waals surface area contributed by atoms with Gasteiger partial charge in [-0.2, -0.15) is 0 Å². The fourth-order valence-electron chi connectivity index (χ4n) is 2.99. The van der Waals surface area contributed by atoms with Crippen molar-refractivity contribution in [1.82, 2.24) is 10.0 Å². The summed E-state index contributed by atoms with van der Waals surface area (Å²) in [5, 5.41) is 3.88. The van der Waals surface area contributed by atoms with Crippen molar-refractivity contribution in [3.05, 3.63) is 0 Å². The summed E-state index contributed by atoms with van der Waals surface area (Å²) in [6.07, 6.45) is 6.16. The predicted molar refractivity (Wildman–Crippen MR) is 57.2 cm³/mol. The Labute approximate surface area is 87.6 Å². The Bertz CT molecular complexity index is 239. The van der Waals surface area contributed by atoms with Crippen molar-refractivity contribution in [2.45, 2.75) is 49.4 Å². The molecule has 0 aromatic carbocycles. The number of fused-ring (bicyclic) bond motifs is 1. The van der Waals surface area contributed by atoms with Gasteiger partial charge in [0.2, 0.25) is 0 Å². The maximum Gasteiger partial charge on any atom is 0.0950 e. The lowest BCUT2D eigenvalue weighted by Gasteiger charge is -2.35. The van der Waals surface area contributed by atoms with E-state index in [1.807, 2.05) is 0 Å². The van der Waals surface area contributed by atoms with Crippen molar-refractivity contribution in [1.29, 1.82) is 0 Å². The molecule has 0 aromatic rings. The molecule has 0 aromatic heterocycles. The first-order chi connectivity index (χ1) is 6.84. The Morgan fingerprint density at radius 3 is 2.64 bits per heavy atom. The second-order valence-electron chi connectivity index (χ2n) is 4.86. The first-order valence-electron chi connectivity index (χ1n) is 5.75. The smallest absolute Gasteiger partial charge is 0.0950 e. The molecule has 2 saturated heterocycles. The van der Waals surface area contributed by atoms with E-state index < -0.39 is 11.0 Å². The third-order valence-corrected chi connectivity index (χ3v) is 5.58. The summed E-state index contributed by atoms with van der Waals surface area (Å²) in [5.41, 5.74) is 0. The Morgan fingerprint density at radius 1 is 1.29 bits per heavy atom. The molecule has 2 aliphatic carbocycles. The molecule has 2 bridgehead atoms. The van der Waals surface area contributed by atoms with Crippen LogP contribution in [0.15, 0.2) is 0 Å². The van der Waals surface area contributed by atoms with E-state index >= 15 is 0 Å². The van der Waals surface area contributed by atoms with E-state index in [1.165, 1.54) is 19.3 Å².